The third-order valence-corrected chi connectivity index (χ3v) is 3.36. The molecule has 0 aliphatic heterocycles. The minimum atomic E-state index is -4.01. The van der Waals surface area contributed by atoms with Crippen molar-refractivity contribution >= 4 is 21.6 Å². The molecule has 98 valence electrons. The highest BCUT2D eigenvalue weighted by Crippen LogP contribution is 2.16. The number of sulfone groups is 1. The number of aromatic nitrogens is 3. The van der Waals surface area contributed by atoms with E-state index in [-0.39, 0.29) is 19.0 Å². The van der Waals surface area contributed by atoms with Gasteiger partial charge in [0.25, 0.3) is 0 Å². The van der Waals surface area contributed by atoms with E-state index in [2.05, 4.69) is 15.0 Å². The molecule has 0 aliphatic carbocycles. The van der Waals surface area contributed by atoms with Gasteiger partial charge in [-0.15, -0.1) is 5.10 Å². The molecule has 0 saturated heterocycles. The van der Waals surface area contributed by atoms with Crippen LogP contribution in [-0.4, -0.2) is 41.7 Å². The Kier molecular flexibility index (Phi) is 4.22. The van der Waals surface area contributed by atoms with Crippen molar-refractivity contribution < 1.29 is 17.9 Å². The van der Waals surface area contributed by atoms with E-state index in [1.165, 1.54) is 0 Å². The lowest BCUT2D eigenvalue weighted by Crippen LogP contribution is -2.20. The molecule has 1 rings (SSSR count). The highest BCUT2D eigenvalue weighted by atomic mass is 32.2. The van der Waals surface area contributed by atoms with Crippen molar-refractivity contribution in [3.63, 3.8) is 0 Å². The molecule has 0 fully saturated rings. The van der Waals surface area contributed by atoms with Crippen LogP contribution in [0.5, 0.6) is 0 Å². The minimum absolute atomic E-state index is 0.0744. The summed E-state index contributed by atoms with van der Waals surface area (Å²) in [4.78, 5) is 11.1. The van der Waals surface area contributed by atoms with Crippen LogP contribution in [0.2, 0.25) is 0 Å². The first-order valence-corrected chi connectivity index (χ1v) is 6.52. The van der Waals surface area contributed by atoms with E-state index in [9.17, 15) is 13.2 Å². The van der Waals surface area contributed by atoms with Gasteiger partial charge in [0.1, 0.15) is 6.54 Å². The van der Waals surface area contributed by atoms with Crippen molar-refractivity contribution in [2.24, 2.45) is 0 Å². The summed E-state index contributed by atoms with van der Waals surface area (Å²) in [6.07, 6.45) is 0. The zero-order chi connectivity index (χ0) is 13.8. The van der Waals surface area contributed by atoms with Gasteiger partial charge in [-0.3, -0.25) is 4.79 Å². The maximum absolute atomic E-state index is 11.8. The second-order valence-electron chi connectivity index (χ2n) is 3.16. The SMILES string of the molecule is CCOC(=O)CS(=O)(=O)c1nnn(CC#N)c1N. The lowest BCUT2D eigenvalue weighted by atomic mass is 10.7. The van der Waals surface area contributed by atoms with Crippen molar-refractivity contribution in [1.29, 1.82) is 5.26 Å². The fourth-order valence-electron chi connectivity index (χ4n) is 1.14. The Morgan fingerprint density at radius 1 is 1.61 bits per heavy atom. The van der Waals surface area contributed by atoms with Crippen molar-refractivity contribution in [2.75, 3.05) is 18.1 Å². The predicted molar refractivity (Wildman–Crippen MR) is 58.7 cm³/mol. The summed E-state index contributed by atoms with van der Waals surface area (Å²) in [7, 11) is -4.01. The van der Waals surface area contributed by atoms with Crippen LogP contribution >= 0.6 is 0 Å². The van der Waals surface area contributed by atoms with Crippen LogP contribution < -0.4 is 5.73 Å². The summed E-state index contributed by atoms with van der Waals surface area (Å²) < 4.78 is 29.0. The fourth-order valence-corrected chi connectivity index (χ4v) is 2.25. The molecule has 0 saturated carbocycles. The first kappa shape index (κ1) is 13.9. The summed E-state index contributed by atoms with van der Waals surface area (Å²) in [6.45, 7) is 1.40. The fraction of sp³-hybridized carbons (Fsp3) is 0.500. The number of rotatable bonds is 5. The number of anilines is 1. The quantitative estimate of drug-likeness (QED) is 0.654. The number of nitrogens with zero attached hydrogens (tertiary/aromatic N) is 4. The van der Waals surface area contributed by atoms with E-state index in [4.69, 9.17) is 11.0 Å². The molecule has 18 heavy (non-hydrogen) atoms. The number of nitriles is 1. The molecule has 0 aliphatic rings. The molecule has 0 spiro atoms. The summed E-state index contributed by atoms with van der Waals surface area (Å²) in [5, 5.41) is 14.7. The molecule has 1 heterocycles. The number of nitrogens with two attached hydrogens (primary N) is 1. The molecule has 0 atom stereocenters. The standard InChI is InChI=1S/C8H11N5O4S/c1-2-17-6(14)5-18(15,16)8-7(10)13(4-3-9)12-11-8/h2,4-5,10H2,1H3. The van der Waals surface area contributed by atoms with Gasteiger partial charge in [-0.1, -0.05) is 5.21 Å². The molecule has 2 N–H and O–H groups in total. The van der Waals surface area contributed by atoms with Gasteiger partial charge in [0.2, 0.25) is 14.9 Å². The molecular formula is C8H11N5O4S. The van der Waals surface area contributed by atoms with Gasteiger partial charge < -0.3 is 10.5 Å². The van der Waals surface area contributed by atoms with Crippen LogP contribution in [0.3, 0.4) is 0 Å². The molecule has 0 amide bonds. The first-order valence-electron chi connectivity index (χ1n) is 4.86. The van der Waals surface area contributed by atoms with Crippen LogP contribution in [0.4, 0.5) is 5.82 Å². The van der Waals surface area contributed by atoms with Gasteiger partial charge in [0.05, 0.1) is 12.7 Å². The lowest BCUT2D eigenvalue weighted by molar-refractivity contribution is -0.139. The normalized spacial score (nSPS) is 10.9. The predicted octanol–water partition coefficient (Wildman–Crippen LogP) is -1.28. The molecule has 0 radical (unpaired) electrons. The molecule has 0 aromatic carbocycles. The Labute approximate surface area is 103 Å². The monoisotopic (exact) mass is 273 g/mol. The maximum atomic E-state index is 11.8. The smallest absolute Gasteiger partial charge is 0.321 e. The van der Waals surface area contributed by atoms with Gasteiger partial charge in [-0.05, 0) is 6.92 Å². The third kappa shape index (κ3) is 2.95. The van der Waals surface area contributed by atoms with Crippen LogP contribution in [0.1, 0.15) is 6.92 Å². The van der Waals surface area contributed by atoms with E-state index in [1.54, 1.807) is 13.0 Å². The van der Waals surface area contributed by atoms with Gasteiger partial charge in [-0.2, -0.15) is 5.26 Å². The summed E-state index contributed by atoms with van der Waals surface area (Å²) in [5.41, 5.74) is 5.48. The highest BCUT2D eigenvalue weighted by Gasteiger charge is 2.27. The Bertz CT molecular complexity index is 585. The molecular weight excluding hydrogens is 262 g/mol. The molecule has 0 bridgehead atoms. The van der Waals surface area contributed by atoms with Gasteiger partial charge in [0.15, 0.2) is 11.6 Å². The second-order valence-corrected chi connectivity index (χ2v) is 5.06. The maximum Gasteiger partial charge on any atom is 0.321 e. The molecule has 1 aromatic heterocycles. The number of carbonyl (C=O) groups is 1. The van der Waals surface area contributed by atoms with Crippen LogP contribution in [0.15, 0.2) is 5.03 Å². The molecule has 0 unspecified atom stereocenters. The zero-order valence-corrected chi connectivity index (χ0v) is 10.3. The van der Waals surface area contributed by atoms with Gasteiger partial charge in [0, 0.05) is 0 Å². The summed E-state index contributed by atoms with van der Waals surface area (Å²) in [6, 6.07) is 1.74. The van der Waals surface area contributed by atoms with E-state index in [0.717, 1.165) is 4.68 Å². The van der Waals surface area contributed by atoms with Gasteiger partial charge >= 0.3 is 5.97 Å². The number of hydrogen-bond acceptors (Lipinski definition) is 8. The zero-order valence-electron chi connectivity index (χ0n) is 9.53. The number of hydrogen-bond donors (Lipinski definition) is 1. The Morgan fingerprint density at radius 3 is 2.83 bits per heavy atom. The number of esters is 1. The van der Waals surface area contributed by atoms with E-state index < -0.39 is 26.6 Å². The average molecular weight is 273 g/mol. The second kappa shape index (κ2) is 5.46. The van der Waals surface area contributed by atoms with Crippen molar-refractivity contribution in [3.05, 3.63) is 0 Å². The number of carbonyl (C=O) groups excluding carboxylic acids is 1. The highest BCUT2D eigenvalue weighted by molar-refractivity contribution is 7.92. The molecule has 1 aromatic rings. The first-order chi connectivity index (χ1) is 8.42. The van der Waals surface area contributed by atoms with E-state index in [0.29, 0.717) is 0 Å². The average Bonchev–Trinajstić information content (AvgIpc) is 2.61. The van der Waals surface area contributed by atoms with E-state index in [1.807, 2.05) is 0 Å². The molecule has 10 heteroatoms. The summed E-state index contributed by atoms with van der Waals surface area (Å²) >= 11 is 0. The Hall–Kier alpha value is -2.15. The molecule has 9 nitrogen and oxygen atoms in total. The van der Waals surface area contributed by atoms with Crippen LogP contribution in [-0.2, 0) is 25.9 Å². The van der Waals surface area contributed by atoms with Crippen molar-refractivity contribution in [1.82, 2.24) is 15.0 Å². The number of ether oxygens (including phenoxy) is 1. The van der Waals surface area contributed by atoms with Crippen molar-refractivity contribution in [2.45, 2.75) is 18.5 Å². The third-order valence-electron chi connectivity index (χ3n) is 1.87. The summed E-state index contributed by atoms with van der Waals surface area (Å²) in [5.74, 6) is -2.04. The van der Waals surface area contributed by atoms with E-state index >= 15 is 0 Å². The van der Waals surface area contributed by atoms with Crippen LogP contribution in [0, 0.1) is 11.3 Å². The van der Waals surface area contributed by atoms with Gasteiger partial charge in [-0.25, -0.2) is 13.1 Å². The minimum Gasteiger partial charge on any atom is -0.465 e. The van der Waals surface area contributed by atoms with Crippen molar-refractivity contribution in [3.8, 4) is 6.07 Å². The Morgan fingerprint density at radius 2 is 2.28 bits per heavy atom. The number of nitrogen functional groups attached to an aromatic ring is 1. The van der Waals surface area contributed by atoms with Crippen LogP contribution in [0.25, 0.3) is 0 Å². The topological polar surface area (TPSA) is 141 Å². The lowest BCUT2D eigenvalue weighted by Gasteiger charge is -2.02. The Balaban J connectivity index is 2.99. The largest absolute Gasteiger partial charge is 0.465 e.